The van der Waals surface area contributed by atoms with Crippen LogP contribution in [0.5, 0.6) is 0 Å². The molecule has 0 aromatic heterocycles. The molecule has 0 unspecified atom stereocenters. The second-order valence-electron chi connectivity index (χ2n) is 7.92. The van der Waals surface area contributed by atoms with Crippen molar-refractivity contribution >= 4 is 11.6 Å². The highest BCUT2D eigenvalue weighted by atomic mass is 16.2. The Labute approximate surface area is 173 Å². The number of hydrogen-bond acceptors (Lipinski definition) is 2. The Morgan fingerprint density at radius 1 is 0.931 bits per heavy atom. The molecule has 0 saturated carbocycles. The van der Waals surface area contributed by atoms with Crippen LogP contribution in [0.25, 0.3) is 0 Å². The SMILES string of the molecule is Cc1cccc(CNc2ccc(CC(=O)N3CCc4ccccc4C3)cc2)c1C. The van der Waals surface area contributed by atoms with Gasteiger partial charge in [-0.2, -0.15) is 0 Å². The van der Waals surface area contributed by atoms with Crippen molar-refractivity contribution in [2.24, 2.45) is 0 Å². The number of carbonyl (C=O) groups excluding carboxylic acids is 1. The molecule has 3 heteroatoms. The zero-order valence-electron chi connectivity index (χ0n) is 17.2. The molecule has 0 bridgehead atoms. The first-order chi connectivity index (χ1) is 14.1. The van der Waals surface area contributed by atoms with E-state index in [4.69, 9.17) is 0 Å². The first kappa shape index (κ1) is 19.3. The molecule has 1 N–H and O–H groups in total. The Bertz CT molecular complexity index is 1010. The number of carbonyl (C=O) groups is 1. The first-order valence-corrected chi connectivity index (χ1v) is 10.3. The minimum absolute atomic E-state index is 0.204. The molecule has 29 heavy (non-hydrogen) atoms. The summed E-state index contributed by atoms with van der Waals surface area (Å²) in [6.07, 6.45) is 1.41. The van der Waals surface area contributed by atoms with Crippen LogP contribution >= 0.6 is 0 Å². The van der Waals surface area contributed by atoms with Gasteiger partial charge in [-0.05, 0) is 65.8 Å². The van der Waals surface area contributed by atoms with E-state index in [-0.39, 0.29) is 5.91 Å². The fraction of sp³-hybridized carbons (Fsp3) is 0.269. The van der Waals surface area contributed by atoms with E-state index in [1.54, 1.807) is 0 Å². The Morgan fingerprint density at radius 3 is 2.48 bits per heavy atom. The Balaban J connectivity index is 1.33. The van der Waals surface area contributed by atoms with Gasteiger partial charge in [-0.15, -0.1) is 0 Å². The van der Waals surface area contributed by atoms with Gasteiger partial charge in [-0.3, -0.25) is 4.79 Å². The molecular weight excluding hydrogens is 356 g/mol. The standard InChI is InChI=1S/C26H28N2O/c1-19-6-5-9-23(20(19)2)17-27-25-12-10-21(11-13-25)16-26(29)28-15-14-22-7-3-4-8-24(22)18-28/h3-13,27H,14-18H2,1-2H3. The minimum Gasteiger partial charge on any atom is -0.381 e. The third-order valence-electron chi connectivity index (χ3n) is 5.99. The fourth-order valence-electron chi connectivity index (χ4n) is 3.94. The van der Waals surface area contributed by atoms with Gasteiger partial charge in [0.1, 0.15) is 0 Å². The van der Waals surface area contributed by atoms with Gasteiger partial charge in [0.25, 0.3) is 0 Å². The van der Waals surface area contributed by atoms with E-state index in [2.05, 4.69) is 85.9 Å². The van der Waals surface area contributed by atoms with E-state index in [0.717, 1.165) is 37.3 Å². The van der Waals surface area contributed by atoms with Crippen molar-refractivity contribution in [1.29, 1.82) is 0 Å². The van der Waals surface area contributed by atoms with E-state index in [1.807, 2.05) is 4.90 Å². The molecule has 4 rings (SSSR count). The molecule has 0 spiro atoms. The Kier molecular flexibility index (Phi) is 5.66. The summed E-state index contributed by atoms with van der Waals surface area (Å²) >= 11 is 0. The average Bonchev–Trinajstić information content (AvgIpc) is 2.75. The second-order valence-corrected chi connectivity index (χ2v) is 7.92. The molecular formula is C26H28N2O. The number of aryl methyl sites for hydroxylation is 1. The van der Waals surface area contributed by atoms with Gasteiger partial charge in [0.15, 0.2) is 0 Å². The monoisotopic (exact) mass is 384 g/mol. The molecule has 1 aliphatic heterocycles. The molecule has 3 nitrogen and oxygen atoms in total. The maximum Gasteiger partial charge on any atom is 0.227 e. The lowest BCUT2D eigenvalue weighted by molar-refractivity contribution is -0.131. The van der Waals surface area contributed by atoms with Crippen molar-refractivity contribution in [2.45, 2.75) is 39.8 Å². The van der Waals surface area contributed by atoms with E-state index in [1.165, 1.54) is 27.8 Å². The molecule has 1 heterocycles. The van der Waals surface area contributed by atoms with Crippen LogP contribution in [0.15, 0.2) is 66.7 Å². The molecule has 0 atom stereocenters. The molecule has 0 aliphatic carbocycles. The number of hydrogen-bond donors (Lipinski definition) is 1. The fourth-order valence-corrected chi connectivity index (χ4v) is 3.94. The van der Waals surface area contributed by atoms with Crippen molar-refractivity contribution in [3.63, 3.8) is 0 Å². The first-order valence-electron chi connectivity index (χ1n) is 10.3. The molecule has 0 saturated heterocycles. The van der Waals surface area contributed by atoms with Crippen molar-refractivity contribution in [2.75, 3.05) is 11.9 Å². The summed E-state index contributed by atoms with van der Waals surface area (Å²) in [6.45, 7) is 6.65. The summed E-state index contributed by atoms with van der Waals surface area (Å²) in [5.41, 5.74) is 8.76. The second kappa shape index (κ2) is 8.52. The number of rotatable bonds is 5. The van der Waals surface area contributed by atoms with Crippen LogP contribution in [-0.2, 0) is 30.7 Å². The highest BCUT2D eigenvalue weighted by Crippen LogP contribution is 2.20. The summed E-state index contributed by atoms with van der Waals surface area (Å²) in [4.78, 5) is 14.7. The smallest absolute Gasteiger partial charge is 0.227 e. The van der Waals surface area contributed by atoms with Gasteiger partial charge in [-0.1, -0.05) is 54.6 Å². The molecule has 1 amide bonds. The number of anilines is 1. The zero-order valence-corrected chi connectivity index (χ0v) is 17.2. The number of nitrogens with one attached hydrogen (secondary N) is 1. The number of nitrogens with zero attached hydrogens (tertiary/aromatic N) is 1. The summed E-state index contributed by atoms with van der Waals surface area (Å²) in [6, 6.07) is 23.1. The van der Waals surface area contributed by atoms with Crippen molar-refractivity contribution in [3.8, 4) is 0 Å². The molecule has 3 aromatic carbocycles. The molecule has 0 radical (unpaired) electrons. The van der Waals surface area contributed by atoms with E-state index in [0.29, 0.717) is 6.42 Å². The Morgan fingerprint density at radius 2 is 1.69 bits per heavy atom. The van der Waals surface area contributed by atoms with Crippen LogP contribution in [0.2, 0.25) is 0 Å². The van der Waals surface area contributed by atoms with E-state index >= 15 is 0 Å². The lowest BCUT2D eigenvalue weighted by Gasteiger charge is -2.29. The predicted molar refractivity (Wildman–Crippen MR) is 119 cm³/mol. The molecule has 0 fully saturated rings. The lowest BCUT2D eigenvalue weighted by atomic mass is 9.99. The van der Waals surface area contributed by atoms with Gasteiger partial charge < -0.3 is 10.2 Å². The van der Waals surface area contributed by atoms with Crippen LogP contribution in [-0.4, -0.2) is 17.4 Å². The quantitative estimate of drug-likeness (QED) is 0.668. The zero-order chi connectivity index (χ0) is 20.2. The van der Waals surface area contributed by atoms with Crippen LogP contribution in [0.3, 0.4) is 0 Å². The highest BCUT2D eigenvalue weighted by Gasteiger charge is 2.20. The van der Waals surface area contributed by atoms with Crippen molar-refractivity contribution in [3.05, 3.63) is 100 Å². The van der Waals surface area contributed by atoms with Crippen LogP contribution in [0.1, 0.15) is 33.4 Å². The molecule has 1 aliphatic rings. The van der Waals surface area contributed by atoms with Gasteiger partial charge in [0, 0.05) is 25.3 Å². The highest BCUT2D eigenvalue weighted by molar-refractivity contribution is 5.79. The number of benzene rings is 3. The van der Waals surface area contributed by atoms with Crippen molar-refractivity contribution in [1.82, 2.24) is 4.90 Å². The maximum absolute atomic E-state index is 12.8. The summed E-state index contributed by atoms with van der Waals surface area (Å²) < 4.78 is 0. The summed E-state index contributed by atoms with van der Waals surface area (Å²) in [7, 11) is 0. The number of amides is 1. The van der Waals surface area contributed by atoms with Gasteiger partial charge >= 0.3 is 0 Å². The summed E-state index contributed by atoms with van der Waals surface area (Å²) in [5, 5.41) is 3.49. The minimum atomic E-state index is 0.204. The van der Waals surface area contributed by atoms with Gasteiger partial charge in [0.2, 0.25) is 5.91 Å². The van der Waals surface area contributed by atoms with Gasteiger partial charge in [0.05, 0.1) is 6.42 Å². The predicted octanol–water partition coefficient (Wildman–Crippen LogP) is 5.04. The normalized spacial score (nSPS) is 13.1. The van der Waals surface area contributed by atoms with Crippen LogP contribution < -0.4 is 5.32 Å². The maximum atomic E-state index is 12.8. The van der Waals surface area contributed by atoms with Crippen LogP contribution in [0, 0.1) is 13.8 Å². The van der Waals surface area contributed by atoms with Gasteiger partial charge in [-0.25, -0.2) is 0 Å². The largest absolute Gasteiger partial charge is 0.381 e. The third kappa shape index (κ3) is 4.51. The molecule has 148 valence electrons. The van der Waals surface area contributed by atoms with E-state index < -0.39 is 0 Å². The third-order valence-corrected chi connectivity index (χ3v) is 5.99. The molecule has 3 aromatic rings. The van der Waals surface area contributed by atoms with Crippen LogP contribution in [0.4, 0.5) is 5.69 Å². The van der Waals surface area contributed by atoms with Crippen molar-refractivity contribution < 1.29 is 4.79 Å². The average molecular weight is 385 g/mol. The lowest BCUT2D eigenvalue weighted by Crippen LogP contribution is -2.36. The summed E-state index contributed by atoms with van der Waals surface area (Å²) in [5.74, 6) is 0.204. The topological polar surface area (TPSA) is 32.3 Å². The van der Waals surface area contributed by atoms with E-state index in [9.17, 15) is 4.79 Å². The number of fused-ring (bicyclic) bond motifs is 1. The Hall–Kier alpha value is -3.07.